The predicted octanol–water partition coefficient (Wildman–Crippen LogP) is 2.12. The molecule has 1 aromatic rings. The van der Waals surface area contributed by atoms with E-state index in [-0.39, 0.29) is 0 Å². The molecule has 3 N–H and O–H groups in total. The number of nitrogens with two attached hydrogens (primary N) is 1. The quantitative estimate of drug-likeness (QED) is 0.776. The maximum Gasteiger partial charge on any atom is 0.113 e. The molecule has 2 rings (SSSR count). The number of halogens is 2. The van der Waals surface area contributed by atoms with Gasteiger partial charge < -0.3 is 5.73 Å². The monoisotopic (exact) mass is 229 g/mol. The Morgan fingerprint density at radius 3 is 2.36 bits per heavy atom. The van der Waals surface area contributed by atoms with Crippen LogP contribution in [0.3, 0.4) is 0 Å². The van der Waals surface area contributed by atoms with Gasteiger partial charge in [-0.15, -0.1) is 0 Å². The summed E-state index contributed by atoms with van der Waals surface area (Å²) in [4.78, 5) is 0. The van der Waals surface area contributed by atoms with Crippen molar-refractivity contribution in [3.63, 3.8) is 0 Å². The lowest BCUT2D eigenvalue weighted by atomic mass is 10.3. The Hall–Kier alpha value is -1.06. The Labute approximate surface area is 92.1 Å². The molecule has 0 atom stereocenters. The van der Waals surface area contributed by atoms with Gasteiger partial charge in [-0.1, -0.05) is 23.2 Å². The van der Waals surface area contributed by atoms with Crippen molar-refractivity contribution >= 4 is 28.9 Å². The first-order chi connectivity index (χ1) is 6.65. The Kier molecular flexibility index (Phi) is 2.44. The number of anilines is 1. The zero-order valence-corrected chi connectivity index (χ0v) is 8.81. The van der Waals surface area contributed by atoms with Crippen LogP contribution in [0.1, 0.15) is 0 Å². The fourth-order valence-corrected chi connectivity index (χ4v) is 1.82. The lowest BCUT2D eigenvalue weighted by Gasteiger charge is -2.19. The molecule has 0 unspecified atom stereocenters. The predicted molar refractivity (Wildman–Crippen MR) is 59.2 cm³/mol. The second-order valence-electron chi connectivity index (χ2n) is 3.01. The van der Waals surface area contributed by atoms with Crippen molar-refractivity contribution in [3.05, 3.63) is 40.1 Å². The molecule has 1 heterocycles. The van der Waals surface area contributed by atoms with Crippen LogP contribution in [-0.4, -0.2) is 6.54 Å². The first-order valence-electron chi connectivity index (χ1n) is 4.11. The minimum Gasteiger partial charge on any atom is -0.384 e. The van der Waals surface area contributed by atoms with Crippen LogP contribution in [0.5, 0.6) is 0 Å². The van der Waals surface area contributed by atoms with E-state index >= 15 is 0 Å². The van der Waals surface area contributed by atoms with Crippen molar-refractivity contribution < 1.29 is 0 Å². The zero-order valence-electron chi connectivity index (χ0n) is 7.30. The van der Waals surface area contributed by atoms with E-state index in [0.717, 1.165) is 5.69 Å². The van der Waals surface area contributed by atoms with Crippen LogP contribution in [-0.2, 0) is 0 Å². The van der Waals surface area contributed by atoms with Gasteiger partial charge in [0.05, 0.1) is 12.2 Å². The molecule has 0 radical (unpaired) electrons. The molecule has 1 aliphatic heterocycles. The molecule has 0 spiro atoms. The SMILES string of the molecule is NC1=CCN(c2cc(Cl)cc(Cl)c2)N1. The van der Waals surface area contributed by atoms with Gasteiger partial charge in [-0.05, 0) is 24.3 Å². The maximum atomic E-state index is 5.88. The van der Waals surface area contributed by atoms with Gasteiger partial charge in [0.25, 0.3) is 0 Å². The summed E-state index contributed by atoms with van der Waals surface area (Å²) in [6.45, 7) is 0.711. The fraction of sp³-hybridized carbons (Fsp3) is 0.111. The van der Waals surface area contributed by atoms with E-state index in [1.165, 1.54) is 0 Å². The molecule has 0 bridgehead atoms. The third-order valence-electron chi connectivity index (χ3n) is 1.92. The molecular formula is C9H9Cl2N3. The standard InChI is InChI=1S/C9H9Cl2N3/c10-6-3-7(11)5-8(4-6)14-2-1-9(12)13-14/h1,3-5,13H,2,12H2. The van der Waals surface area contributed by atoms with Crippen LogP contribution in [0.2, 0.25) is 10.0 Å². The summed E-state index contributed by atoms with van der Waals surface area (Å²) in [6.07, 6.45) is 1.88. The number of nitrogens with one attached hydrogen (secondary N) is 1. The van der Waals surface area contributed by atoms with Crippen LogP contribution >= 0.6 is 23.2 Å². The van der Waals surface area contributed by atoms with Crippen molar-refractivity contribution in [3.8, 4) is 0 Å². The molecule has 0 amide bonds. The molecule has 1 aromatic carbocycles. The van der Waals surface area contributed by atoms with E-state index < -0.39 is 0 Å². The minimum absolute atomic E-state index is 0.611. The zero-order chi connectivity index (χ0) is 10.1. The third kappa shape index (κ3) is 1.89. The molecule has 0 aromatic heterocycles. The smallest absolute Gasteiger partial charge is 0.113 e. The molecule has 0 aliphatic carbocycles. The van der Waals surface area contributed by atoms with Gasteiger partial charge in [0.15, 0.2) is 0 Å². The van der Waals surface area contributed by atoms with E-state index in [2.05, 4.69) is 5.43 Å². The number of rotatable bonds is 1. The van der Waals surface area contributed by atoms with Gasteiger partial charge in [-0.2, -0.15) is 0 Å². The molecule has 0 saturated carbocycles. The van der Waals surface area contributed by atoms with Crippen molar-refractivity contribution in [2.24, 2.45) is 5.73 Å². The number of hydrogen-bond donors (Lipinski definition) is 2. The second-order valence-corrected chi connectivity index (χ2v) is 3.88. The van der Waals surface area contributed by atoms with E-state index in [4.69, 9.17) is 28.9 Å². The molecule has 3 nitrogen and oxygen atoms in total. The summed E-state index contributed by atoms with van der Waals surface area (Å²) < 4.78 is 0. The van der Waals surface area contributed by atoms with E-state index in [1.807, 2.05) is 23.2 Å². The average Bonchev–Trinajstić information content (AvgIpc) is 2.50. The Balaban J connectivity index is 2.25. The lowest BCUT2D eigenvalue weighted by Crippen LogP contribution is -2.33. The number of hydrogen-bond acceptors (Lipinski definition) is 3. The topological polar surface area (TPSA) is 41.3 Å². The van der Waals surface area contributed by atoms with Gasteiger partial charge >= 0.3 is 0 Å². The molecular weight excluding hydrogens is 221 g/mol. The van der Waals surface area contributed by atoms with Gasteiger partial charge in [0, 0.05) is 10.0 Å². The van der Waals surface area contributed by atoms with Crippen LogP contribution in [0.4, 0.5) is 5.69 Å². The summed E-state index contributed by atoms with van der Waals surface area (Å²) in [5, 5.41) is 3.09. The molecule has 14 heavy (non-hydrogen) atoms. The van der Waals surface area contributed by atoms with Crippen molar-refractivity contribution in [2.45, 2.75) is 0 Å². The highest BCUT2D eigenvalue weighted by molar-refractivity contribution is 6.35. The number of benzene rings is 1. The minimum atomic E-state index is 0.611. The summed E-state index contributed by atoms with van der Waals surface area (Å²) in [5.74, 6) is 0.640. The number of nitrogens with zero attached hydrogens (tertiary/aromatic N) is 1. The average molecular weight is 230 g/mol. The molecule has 5 heteroatoms. The molecule has 0 saturated heterocycles. The summed E-state index contributed by atoms with van der Waals surface area (Å²) >= 11 is 11.8. The highest BCUT2D eigenvalue weighted by atomic mass is 35.5. The summed E-state index contributed by atoms with van der Waals surface area (Å²) in [5.41, 5.74) is 9.46. The first kappa shape index (κ1) is 9.49. The Bertz CT molecular complexity index is 369. The second kappa shape index (κ2) is 3.59. The molecule has 0 fully saturated rings. The van der Waals surface area contributed by atoms with E-state index in [1.54, 1.807) is 6.07 Å². The van der Waals surface area contributed by atoms with Gasteiger partial charge in [-0.3, -0.25) is 10.4 Å². The maximum absolute atomic E-state index is 5.88. The van der Waals surface area contributed by atoms with Gasteiger partial charge in [-0.25, -0.2) is 0 Å². The van der Waals surface area contributed by atoms with Crippen molar-refractivity contribution in [1.82, 2.24) is 5.43 Å². The highest BCUT2D eigenvalue weighted by Gasteiger charge is 2.12. The van der Waals surface area contributed by atoms with Crippen molar-refractivity contribution in [1.29, 1.82) is 0 Å². The fourth-order valence-electron chi connectivity index (χ4n) is 1.30. The van der Waals surface area contributed by atoms with Crippen molar-refractivity contribution in [2.75, 3.05) is 11.6 Å². The highest BCUT2D eigenvalue weighted by Crippen LogP contribution is 2.25. The lowest BCUT2D eigenvalue weighted by molar-refractivity contribution is 0.797. The largest absolute Gasteiger partial charge is 0.384 e. The van der Waals surface area contributed by atoms with E-state index in [0.29, 0.717) is 22.4 Å². The van der Waals surface area contributed by atoms with Crippen LogP contribution in [0.25, 0.3) is 0 Å². The Morgan fingerprint density at radius 2 is 1.86 bits per heavy atom. The normalized spacial score (nSPS) is 15.3. The third-order valence-corrected chi connectivity index (χ3v) is 2.35. The van der Waals surface area contributed by atoms with Gasteiger partial charge in [0.2, 0.25) is 0 Å². The summed E-state index contributed by atoms with van der Waals surface area (Å²) in [7, 11) is 0. The number of hydrazine groups is 1. The van der Waals surface area contributed by atoms with Crippen LogP contribution < -0.4 is 16.2 Å². The molecule has 1 aliphatic rings. The Morgan fingerprint density at radius 1 is 1.21 bits per heavy atom. The first-order valence-corrected chi connectivity index (χ1v) is 4.86. The van der Waals surface area contributed by atoms with Crippen LogP contribution in [0, 0.1) is 0 Å². The molecule has 74 valence electrons. The van der Waals surface area contributed by atoms with Gasteiger partial charge in [0.1, 0.15) is 5.82 Å². The van der Waals surface area contributed by atoms with Crippen LogP contribution in [0.15, 0.2) is 30.1 Å². The van der Waals surface area contributed by atoms with E-state index in [9.17, 15) is 0 Å². The summed E-state index contributed by atoms with van der Waals surface area (Å²) in [6, 6.07) is 5.35.